The molecule has 0 N–H and O–H groups in total. The Bertz CT molecular complexity index is 658. The van der Waals surface area contributed by atoms with Crippen molar-refractivity contribution >= 4 is 34.4 Å². The molecule has 1 atom stereocenters. The van der Waals surface area contributed by atoms with E-state index in [4.69, 9.17) is 0 Å². The smallest absolute Gasteiger partial charge is 0.267 e. The standard InChI is InChI=1S/C14H13IN2OS/c1-9-13(15)14(18)17(8-16-9)7-11-6-10-4-2-3-5-12(10)19-11/h2-5,8,11H,6-7H2,1H3. The minimum absolute atomic E-state index is 0.0738. The second-order valence-electron chi connectivity index (χ2n) is 4.65. The Morgan fingerprint density at radius 3 is 3.05 bits per heavy atom. The summed E-state index contributed by atoms with van der Waals surface area (Å²) >= 11 is 3.94. The van der Waals surface area contributed by atoms with Gasteiger partial charge >= 0.3 is 0 Å². The fourth-order valence-corrected chi connectivity index (χ4v) is 4.02. The highest BCUT2D eigenvalue weighted by Gasteiger charge is 2.22. The van der Waals surface area contributed by atoms with E-state index in [0.29, 0.717) is 5.25 Å². The number of nitrogens with zero attached hydrogens (tertiary/aromatic N) is 2. The molecule has 98 valence electrons. The lowest BCUT2D eigenvalue weighted by Gasteiger charge is -2.11. The van der Waals surface area contributed by atoms with Crippen LogP contribution in [0.1, 0.15) is 11.3 Å². The zero-order chi connectivity index (χ0) is 13.4. The number of fused-ring (bicyclic) bond motifs is 1. The van der Waals surface area contributed by atoms with Gasteiger partial charge in [0, 0.05) is 16.7 Å². The molecule has 0 aliphatic carbocycles. The van der Waals surface area contributed by atoms with Crippen molar-refractivity contribution in [1.29, 1.82) is 0 Å². The Kier molecular flexibility index (Phi) is 3.66. The predicted octanol–water partition coefficient (Wildman–Crippen LogP) is 2.87. The van der Waals surface area contributed by atoms with Crippen molar-refractivity contribution in [3.8, 4) is 0 Å². The molecule has 0 bridgehead atoms. The van der Waals surface area contributed by atoms with Crippen LogP contribution in [0.5, 0.6) is 0 Å². The van der Waals surface area contributed by atoms with Gasteiger partial charge in [0.2, 0.25) is 0 Å². The molecule has 1 aromatic heterocycles. The summed E-state index contributed by atoms with van der Waals surface area (Å²) < 4.78 is 2.46. The Balaban J connectivity index is 1.82. The lowest BCUT2D eigenvalue weighted by molar-refractivity contribution is 0.624. The van der Waals surface area contributed by atoms with Crippen molar-refractivity contribution in [1.82, 2.24) is 9.55 Å². The Hall–Kier alpha value is -0.820. The Labute approximate surface area is 129 Å². The van der Waals surface area contributed by atoms with Crippen LogP contribution in [-0.4, -0.2) is 14.8 Å². The lowest BCUT2D eigenvalue weighted by atomic mass is 10.1. The lowest BCUT2D eigenvalue weighted by Crippen LogP contribution is -2.28. The molecule has 0 saturated carbocycles. The maximum Gasteiger partial charge on any atom is 0.267 e. The van der Waals surface area contributed by atoms with Gasteiger partial charge < -0.3 is 0 Å². The molecule has 2 heterocycles. The molecular weight excluding hydrogens is 371 g/mol. The summed E-state index contributed by atoms with van der Waals surface area (Å²) in [5.41, 5.74) is 2.27. The monoisotopic (exact) mass is 384 g/mol. The van der Waals surface area contributed by atoms with Crippen LogP contribution in [0.25, 0.3) is 0 Å². The predicted molar refractivity (Wildman–Crippen MR) is 85.7 cm³/mol. The van der Waals surface area contributed by atoms with E-state index in [9.17, 15) is 4.79 Å². The van der Waals surface area contributed by atoms with Crippen LogP contribution in [0.3, 0.4) is 0 Å². The average molecular weight is 384 g/mol. The molecule has 0 amide bonds. The first-order valence-electron chi connectivity index (χ1n) is 6.11. The zero-order valence-corrected chi connectivity index (χ0v) is 13.4. The topological polar surface area (TPSA) is 34.9 Å². The van der Waals surface area contributed by atoms with Crippen LogP contribution < -0.4 is 5.56 Å². The summed E-state index contributed by atoms with van der Waals surface area (Å²) in [4.78, 5) is 17.8. The summed E-state index contributed by atoms with van der Waals surface area (Å²) in [6.07, 6.45) is 2.70. The minimum Gasteiger partial charge on any atom is -0.297 e. The first kappa shape index (κ1) is 13.2. The molecule has 0 saturated heterocycles. The maximum atomic E-state index is 12.2. The van der Waals surface area contributed by atoms with Gasteiger partial charge in [-0.2, -0.15) is 0 Å². The van der Waals surface area contributed by atoms with Gasteiger partial charge in [0.25, 0.3) is 5.56 Å². The normalized spacial score (nSPS) is 17.5. The van der Waals surface area contributed by atoms with E-state index in [1.54, 1.807) is 10.9 Å². The molecule has 0 radical (unpaired) electrons. The summed E-state index contributed by atoms with van der Waals surface area (Å²) in [5.74, 6) is 0. The van der Waals surface area contributed by atoms with Crippen LogP contribution in [0.2, 0.25) is 0 Å². The highest BCUT2D eigenvalue weighted by atomic mass is 127. The van der Waals surface area contributed by atoms with Crippen LogP contribution in [0.15, 0.2) is 40.3 Å². The molecule has 3 nitrogen and oxygen atoms in total. The maximum absolute atomic E-state index is 12.2. The van der Waals surface area contributed by atoms with Gasteiger partial charge in [-0.05, 0) is 47.6 Å². The van der Waals surface area contributed by atoms with E-state index >= 15 is 0 Å². The Morgan fingerprint density at radius 2 is 2.26 bits per heavy atom. The summed E-state index contributed by atoms with van der Waals surface area (Å²) in [6, 6.07) is 8.46. The highest BCUT2D eigenvalue weighted by Crippen LogP contribution is 2.37. The van der Waals surface area contributed by atoms with Crippen LogP contribution in [0, 0.1) is 10.5 Å². The van der Waals surface area contributed by atoms with Crippen molar-refractivity contribution in [3.05, 3.63) is 55.8 Å². The SMILES string of the molecule is Cc1ncn(CC2Cc3ccccc3S2)c(=O)c1I. The number of rotatable bonds is 2. The third kappa shape index (κ3) is 2.58. The van der Waals surface area contributed by atoms with Gasteiger partial charge in [0.15, 0.2) is 0 Å². The molecule has 3 rings (SSSR count). The van der Waals surface area contributed by atoms with Crippen LogP contribution >= 0.6 is 34.4 Å². The Morgan fingerprint density at radius 1 is 1.47 bits per heavy atom. The summed E-state index contributed by atoms with van der Waals surface area (Å²) in [5, 5.41) is 0.426. The van der Waals surface area contributed by atoms with Gasteiger partial charge in [-0.1, -0.05) is 18.2 Å². The van der Waals surface area contributed by atoms with Crippen molar-refractivity contribution in [3.63, 3.8) is 0 Å². The fraction of sp³-hybridized carbons (Fsp3) is 0.286. The third-order valence-corrected chi connectivity index (χ3v) is 5.81. The second-order valence-corrected chi connectivity index (χ2v) is 7.07. The van der Waals surface area contributed by atoms with Gasteiger partial charge in [-0.25, -0.2) is 4.98 Å². The molecule has 1 unspecified atom stereocenters. The second kappa shape index (κ2) is 5.28. The van der Waals surface area contributed by atoms with E-state index in [-0.39, 0.29) is 5.56 Å². The van der Waals surface area contributed by atoms with Crippen molar-refractivity contribution in [2.24, 2.45) is 0 Å². The number of aryl methyl sites for hydroxylation is 1. The molecule has 1 aromatic carbocycles. The van der Waals surface area contributed by atoms with E-state index in [1.165, 1.54) is 10.5 Å². The molecule has 0 spiro atoms. The number of halogens is 1. The number of aromatic nitrogens is 2. The number of hydrogen-bond donors (Lipinski definition) is 0. The molecule has 1 aliphatic heterocycles. The third-order valence-electron chi connectivity index (χ3n) is 3.27. The van der Waals surface area contributed by atoms with E-state index in [1.807, 2.05) is 18.7 Å². The summed E-state index contributed by atoms with van der Waals surface area (Å²) in [6.45, 7) is 2.59. The van der Waals surface area contributed by atoms with Gasteiger partial charge in [-0.15, -0.1) is 11.8 Å². The first-order chi connectivity index (χ1) is 9.15. The fourth-order valence-electron chi connectivity index (χ4n) is 2.25. The highest BCUT2D eigenvalue weighted by molar-refractivity contribution is 14.1. The van der Waals surface area contributed by atoms with Crippen molar-refractivity contribution in [2.75, 3.05) is 0 Å². The average Bonchev–Trinajstić information content (AvgIpc) is 2.82. The minimum atomic E-state index is 0.0738. The number of hydrogen-bond acceptors (Lipinski definition) is 3. The van der Waals surface area contributed by atoms with Crippen LogP contribution in [0.4, 0.5) is 0 Å². The van der Waals surface area contributed by atoms with Crippen LogP contribution in [-0.2, 0) is 13.0 Å². The molecule has 2 aromatic rings. The van der Waals surface area contributed by atoms with Gasteiger partial charge in [0.05, 0.1) is 15.6 Å². The molecular formula is C14H13IN2OS. The van der Waals surface area contributed by atoms with Gasteiger partial charge in [0.1, 0.15) is 0 Å². The van der Waals surface area contributed by atoms with Crippen molar-refractivity contribution in [2.45, 2.75) is 30.0 Å². The van der Waals surface area contributed by atoms with E-state index in [2.05, 4.69) is 51.8 Å². The van der Waals surface area contributed by atoms with E-state index in [0.717, 1.165) is 22.2 Å². The van der Waals surface area contributed by atoms with Crippen molar-refractivity contribution < 1.29 is 0 Å². The number of benzene rings is 1. The molecule has 5 heteroatoms. The molecule has 1 aliphatic rings. The summed E-state index contributed by atoms with van der Waals surface area (Å²) in [7, 11) is 0. The number of thioether (sulfide) groups is 1. The zero-order valence-electron chi connectivity index (χ0n) is 10.5. The van der Waals surface area contributed by atoms with Gasteiger partial charge in [-0.3, -0.25) is 9.36 Å². The van der Waals surface area contributed by atoms with E-state index < -0.39 is 0 Å². The largest absolute Gasteiger partial charge is 0.297 e. The quantitative estimate of drug-likeness (QED) is 0.747. The first-order valence-corrected chi connectivity index (χ1v) is 8.07. The molecule has 0 fully saturated rings. The molecule has 19 heavy (non-hydrogen) atoms.